The molecule has 0 amide bonds. The molecule has 1 rings (SSSR count). The summed E-state index contributed by atoms with van der Waals surface area (Å²) in [6.07, 6.45) is 1.38. The number of nitrogens with zero attached hydrogens (tertiary/aromatic N) is 1. The molecule has 68 valence electrons. The lowest BCUT2D eigenvalue weighted by atomic mass is 10.2. The summed E-state index contributed by atoms with van der Waals surface area (Å²) in [5, 5.41) is 0. The molecular weight excluding hydrogens is 168 g/mol. The predicted octanol–water partition coefficient (Wildman–Crippen LogP) is -1.28. The first-order valence-corrected chi connectivity index (χ1v) is 4.55. The van der Waals surface area contributed by atoms with Crippen LogP contribution in [0.2, 0.25) is 0 Å². The summed E-state index contributed by atoms with van der Waals surface area (Å²) >= 11 is 0. The lowest BCUT2D eigenvalue weighted by molar-refractivity contribution is 0.187. The van der Waals surface area contributed by atoms with Crippen LogP contribution in [0.3, 0.4) is 0 Å². The van der Waals surface area contributed by atoms with Gasteiger partial charge in [0.05, 0.1) is 0 Å². The van der Waals surface area contributed by atoms with E-state index in [1.54, 1.807) is 0 Å². The van der Waals surface area contributed by atoms with Crippen molar-refractivity contribution in [2.75, 3.05) is 26.2 Å². The molecule has 1 saturated heterocycles. The molecule has 0 aromatic carbocycles. The summed E-state index contributed by atoms with van der Waals surface area (Å²) in [4.78, 5) is 2.36. The molecule has 0 atom stereocenters. The molecule has 0 radical (unpaired) electrons. The number of hydrogen-bond acceptors (Lipinski definition) is 4. The van der Waals surface area contributed by atoms with Gasteiger partial charge in [0.15, 0.2) is 0 Å². The summed E-state index contributed by atoms with van der Waals surface area (Å²) in [5.41, 5.74) is 5.30. The monoisotopic (exact) mass is 182 g/mol. The van der Waals surface area contributed by atoms with E-state index in [9.17, 15) is 0 Å². The van der Waals surface area contributed by atoms with Gasteiger partial charge in [0, 0.05) is 13.1 Å². The Morgan fingerprint density at radius 3 is 2.00 bits per heavy atom. The summed E-state index contributed by atoms with van der Waals surface area (Å²) in [5.74, 6) is 0. The molecule has 6 heteroatoms. The average molecular weight is 182 g/mol. The van der Waals surface area contributed by atoms with Crippen LogP contribution >= 0.6 is 0 Å². The number of rotatable bonds is 2. The Bertz CT molecular complexity index is 148. The smallest absolute Gasteiger partial charge is 0.254 e. The van der Waals surface area contributed by atoms with E-state index in [-0.39, 0.29) is 0 Å². The van der Waals surface area contributed by atoms with Crippen molar-refractivity contribution in [3.8, 4) is 0 Å². The highest BCUT2D eigenvalue weighted by Crippen LogP contribution is 2.02. The van der Waals surface area contributed by atoms with Crippen LogP contribution in [0.1, 0.15) is 6.42 Å². The van der Waals surface area contributed by atoms with Gasteiger partial charge in [-0.25, -0.2) is 8.42 Å². The quantitative estimate of drug-likeness (QED) is 0.366. The van der Waals surface area contributed by atoms with E-state index >= 15 is 0 Å². The van der Waals surface area contributed by atoms with E-state index in [1.165, 1.54) is 19.5 Å². The van der Waals surface area contributed by atoms with Gasteiger partial charge in [0.25, 0.3) is 11.0 Å². The first kappa shape index (κ1) is 10.8. The van der Waals surface area contributed by atoms with Crippen molar-refractivity contribution in [2.24, 2.45) is 5.73 Å². The molecule has 0 bridgehead atoms. The van der Waals surface area contributed by atoms with Crippen LogP contribution in [0.4, 0.5) is 0 Å². The normalized spacial score (nSPS) is 17.0. The fourth-order valence-corrected chi connectivity index (χ4v) is 0.788. The van der Waals surface area contributed by atoms with Gasteiger partial charge >= 0.3 is 0 Å². The maximum absolute atomic E-state index is 8.59. The SMILES string of the molecule is NCCN1CCC1.O=[SH](=O)O. The first-order chi connectivity index (χ1) is 5.16. The number of nitrogens with two attached hydrogens (primary N) is 1. The van der Waals surface area contributed by atoms with Crippen molar-refractivity contribution in [3.63, 3.8) is 0 Å². The number of likely N-dealkylation sites (tertiary alicyclic amines) is 1. The summed E-state index contributed by atoms with van der Waals surface area (Å²) < 4.78 is 24.2. The number of hydrogen-bond donors (Lipinski definition) is 3. The fourth-order valence-electron chi connectivity index (χ4n) is 0.788. The standard InChI is InChI=1S/C5H12N2.H2O3S/c6-2-5-7-3-1-4-7;1-4(2)3/h1-6H2;4H,(H,1,2,3). The molecule has 1 heterocycles. The van der Waals surface area contributed by atoms with Crippen molar-refractivity contribution in [3.05, 3.63) is 0 Å². The van der Waals surface area contributed by atoms with Gasteiger partial charge in [-0.2, -0.15) is 0 Å². The Balaban J connectivity index is 0.000000218. The average Bonchev–Trinajstić information content (AvgIpc) is 1.77. The molecule has 1 aliphatic heterocycles. The molecule has 5 nitrogen and oxygen atoms in total. The van der Waals surface area contributed by atoms with Crippen molar-refractivity contribution in [2.45, 2.75) is 6.42 Å². The second kappa shape index (κ2) is 6.53. The van der Waals surface area contributed by atoms with E-state index in [0.717, 1.165) is 13.1 Å². The minimum absolute atomic E-state index is 0.819. The van der Waals surface area contributed by atoms with Crippen LogP contribution in [0.15, 0.2) is 0 Å². The zero-order chi connectivity index (χ0) is 8.69. The Labute approximate surface area is 68.0 Å². The van der Waals surface area contributed by atoms with Gasteiger partial charge < -0.3 is 10.6 Å². The zero-order valence-corrected chi connectivity index (χ0v) is 7.17. The van der Waals surface area contributed by atoms with Gasteiger partial charge in [-0.3, -0.25) is 4.55 Å². The van der Waals surface area contributed by atoms with Gasteiger partial charge in [0.1, 0.15) is 0 Å². The molecule has 0 aromatic rings. The topological polar surface area (TPSA) is 83.6 Å². The lowest BCUT2D eigenvalue weighted by Gasteiger charge is -2.29. The maximum atomic E-state index is 8.59. The first-order valence-electron chi connectivity index (χ1n) is 3.42. The molecule has 0 spiro atoms. The van der Waals surface area contributed by atoms with Crippen LogP contribution < -0.4 is 5.73 Å². The van der Waals surface area contributed by atoms with Crippen molar-refractivity contribution >= 4 is 11.0 Å². The second-order valence-electron chi connectivity index (χ2n) is 2.22. The predicted molar refractivity (Wildman–Crippen MR) is 43.1 cm³/mol. The molecule has 3 N–H and O–H groups in total. The second-order valence-corrected chi connectivity index (χ2v) is 2.70. The minimum atomic E-state index is -3.12. The third-order valence-electron chi connectivity index (χ3n) is 1.39. The minimum Gasteiger partial charge on any atom is -0.329 e. The van der Waals surface area contributed by atoms with E-state index < -0.39 is 11.0 Å². The zero-order valence-electron chi connectivity index (χ0n) is 6.27. The van der Waals surface area contributed by atoms with Gasteiger partial charge in [0.2, 0.25) is 0 Å². The molecule has 0 aromatic heterocycles. The van der Waals surface area contributed by atoms with Crippen LogP contribution in [0.25, 0.3) is 0 Å². The number of thiol groups is 1. The van der Waals surface area contributed by atoms with Crippen LogP contribution in [0, 0.1) is 0 Å². The summed E-state index contributed by atoms with van der Waals surface area (Å²) in [7, 11) is -3.12. The van der Waals surface area contributed by atoms with Gasteiger partial charge in [-0.1, -0.05) is 0 Å². The Morgan fingerprint density at radius 2 is 1.91 bits per heavy atom. The highest BCUT2D eigenvalue weighted by atomic mass is 32.2. The van der Waals surface area contributed by atoms with Crippen LogP contribution in [-0.4, -0.2) is 44.0 Å². The largest absolute Gasteiger partial charge is 0.329 e. The van der Waals surface area contributed by atoms with E-state index in [0.29, 0.717) is 0 Å². The highest BCUT2D eigenvalue weighted by molar-refractivity contribution is 7.66. The van der Waals surface area contributed by atoms with E-state index in [2.05, 4.69) is 4.90 Å². The maximum Gasteiger partial charge on any atom is 0.254 e. The molecule has 0 unspecified atom stereocenters. The van der Waals surface area contributed by atoms with Crippen LogP contribution in [0.5, 0.6) is 0 Å². The molecular formula is C5H14N2O3S. The van der Waals surface area contributed by atoms with Crippen molar-refractivity contribution in [1.29, 1.82) is 0 Å². The fraction of sp³-hybridized carbons (Fsp3) is 1.00. The van der Waals surface area contributed by atoms with Gasteiger partial charge in [-0.05, 0) is 19.5 Å². The van der Waals surface area contributed by atoms with Crippen molar-refractivity contribution in [1.82, 2.24) is 4.90 Å². The van der Waals surface area contributed by atoms with E-state index in [4.69, 9.17) is 18.7 Å². The Hall–Kier alpha value is -0.170. The van der Waals surface area contributed by atoms with Gasteiger partial charge in [-0.15, -0.1) is 0 Å². The highest BCUT2D eigenvalue weighted by Gasteiger charge is 2.10. The molecule has 1 fully saturated rings. The molecule has 1 aliphatic rings. The Kier molecular flexibility index (Phi) is 6.43. The van der Waals surface area contributed by atoms with Crippen molar-refractivity contribution < 1.29 is 13.0 Å². The molecule has 0 saturated carbocycles. The third-order valence-corrected chi connectivity index (χ3v) is 1.39. The van der Waals surface area contributed by atoms with Crippen LogP contribution in [-0.2, 0) is 11.0 Å². The third kappa shape index (κ3) is 7.73. The summed E-state index contributed by atoms with van der Waals surface area (Å²) in [6, 6.07) is 0. The van der Waals surface area contributed by atoms with E-state index in [1.807, 2.05) is 0 Å². The Morgan fingerprint density at radius 1 is 1.45 bits per heavy atom. The molecule has 0 aliphatic carbocycles. The summed E-state index contributed by atoms with van der Waals surface area (Å²) in [6.45, 7) is 4.47. The lowest BCUT2D eigenvalue weighted by Crippen LogP contribution is -2.40. The molecule has 11 heavy (non-hydrogen) atoms.